The first kappa shape index (κ1) is 21.9. The highest BCUT2D eigenvalue weighted by Gasteiger charge is 2.21. The van der Waals surface area contributed by atoms with Gasteiger partial charge in [0.2, 0.25) is 0 Å². The molecule has 0 heterocycles. The smallest absolute Gasteiger partial charge is 0.333 e. The van der Waals surface area contributed by atoms with Crippen molar-refractivity contribution in [3.05, 3.63) is 58.7 Å². The lowest BCUT2D eigenvalue weighted by Gasteiger charge is -2.19. The quantitative estimate of drug-likeness (QED) is 0.419. The van der Waals surface area contributed by atoms with E-state index >= 15 is 0 Å². The summed E-state index contributed by atoms with van der Waals surface area (Å²) in [7, 11) is -3.69. The van der Waals surface area contributed by atoms with E-state index in [0.29, 0.717) is 23.3 Å². The Labute approximate surface area is 208 Å². The molecule has 0 aliphatic rings. The summed E-state index contributed by atoms with van der Waals surface area (Å²) in [5, 5.41) is 8.86. The van der Waals surface area contributed by atoms with Crippen molar-refractivity contribution >= 4 is 16.1 Å². The van der Waals surface area contributed by atoms with Crippen LogP contribution < -0.4 is 8.92 Å². The Morgan fingerprint density at radius 1 is 1.00 bits per heavy atom. The van der Waals surface area contributed by atoms with Gasteiger partial charge < -0.3 is 18.8 Å². The number of hydrogen-bond acceptors (Lipinski definition) is 6. The summed E-state index contributed by atoms with van der Waals surface area (Å²) in [5.41, 5.74) is 2.98. The number of benzene rings is 2. The lowest BCUT2D eigenvalue weighted by molar-refractivity contribution is -0.153. The molecule has 2 aromatic rings. The molecule has 0 aliphatic carbocycles. The Morgan fingerprint density at radius 2 is 1.56 bits per heavy atom. The third-order valence-corrected chi connectivity index (χ3v) is 6.70. The van der Waals surface area contributed by atoms with Crippen molar-refractivity contribution in [1.29, 1.82) is 0 Å². The average molecular weight is 497 g/mol. The van der Waals surface area contributed by atoms with E-state index in [9.17, 15) is 18.3 Å². The molecule has 8 heteroatoms. The predicted molar refractivity (Wildman–Crippen MR) is 132 cm³/mol. The topological polar surface area (TPSA) is 99.1 Å². The van der Waals surface area contributed by atoms with Crippen molar-refractivity contribution in [1.82, 2.24) is 0 Å². The third-order valence-electron chi connectivity index (χ3n) is 5.13. The maximum Gasteiger partial charge on any atom is 0.333 e. The summed E-state index contributed by atoms with van der Waals surface area (Å²) in [5.74, 6) is -0.467. The summed E-state index contributed by atoms with van der Waals surface area (Å²) in [6, 6.07) is 10.4. The van der Waals surface area contributed by atoms with Crippen LogP contribution in [0.3, 0.4) is 0 Å². The fraction of sp³-hybridized carbons (Fsp3) is 0.500. The van der Waals surface area contributed by atoms with Crippen LogP contribution in [0.5, 0.6) is 11.5 Å². The van der Waals surface area contributed by atoms with Crippen LogP contribution in [-0.4, -0.2) is 43.0 Å². The summed E-state index contributed by atoms with van der Waals surface area (Å²) < 4.78 is 70.7. The highest BCUT2D eigenvalue weighted by atomic mass is 32.2. The number of hydrogen-bond donors (Lipinski definition) is 1. The van der Waals surface area contributed by atoms with Crippen molar-refractivity contribution in [2.75, 3.05) is 0 Å². The van der Waals surface area contributed by atoms with E-state index in [1.807, 2.05) is 19.9 Å². The minimum absolute atomic E-state index is 0.114. The largest absolute Gasteiger partial charge is 0.490 e. The number of carbonyl (C=O) groups is 1. The first-order chi connectivity index (χ1) is 17.3. The van der Waals surface area contributed by atoms with Gasteiger partial charge in [0.15, 0.2) is 6.10 Å². The lowest BCUT2D eigenvalue weighted by atomic mass is 10.0. The molecule has 0 saturated heterocycles. The second-order valence-electron chi connectivity index (χ2n) is 8.66. The fourth-order valence-electron chi connectivity index (χ4n) is 3.32. The SMILES string of the molecule is [2H]C([2H])([2H])C([2H])(C)O[C@@H](Cc1ccc(OC(C)Cc2ccc(OS(=O)(=O)C(C)C)c(C)c2)c(C)c1)C(=O)O. The number of carboxylic acid groups (broad SMARTS) is 1. The van der Waals surface area contributed by atoms with E-state index in [0.717, 1.165) is 18.1 Å². The van der Waals surface area contributed by atoms with Crippen LogP contribution in [0.4, 0.5) is 0 Å². The molecule has 2 rings (SSSR count). The molecule has 0 radical (unpaired) electrons. The summed E-state index contributed by atoms with van der Waals surface area (Å²) >= 11 is 0. The van der Waals surface area contributed by atoms with Crippen LogP contribution >= 0.6 is 0 Å². The molecule has 0 spiro atoms. The third kappa shape index (κ3) is 8.02. The summed E-state index contributed by atoms with van der Waals surface area (Å²) in [6.07, 6.45) is -3.67. The maximum atomic E-state index is 12.1. The van der Waals surface area contributed by atoms with Crippen LogP contribution in [0.2, 0.25) is 0 Å². The van der Waals surface area contributed by atoms with E-state index < -0.39 is 40.4 Å². The van der Waals surface area contributed by atoms with E-state index in [4.69, 9.17) is 19.1 Å². The molecule has 0 aromatic heterocycles. The number of aryl methyl sites for hydroxylation is 2. The molecular formula is C26H36O7S. The van der Waals surface area contributed by atoms with Crippen LogP contribution in [0.15, 0.2) is 36.4 Å². The van der Waals surface area contributed by atoms with Crippen molar-refractivity contribution in [2.24, 2.45) is 0 Å². The van der Waals surface area contributed by atoms with Gasteiger partial charge in [0, 0.05) is 17.0 Å². The van der Waals surface area contributed by atoms with Gasteiger partial charge in [0.1, 0.15) is 11.5 Å². The Balaban J connectivity index is 2.07. The molecule has 188 valence electrons. The Hall–Kier alpha value is -2.58. The van der Waals surface area contributed by atoms with Gasteiger partial charge in [-0.1, -0.05) is 24.3 Å². The summed E-state index contributed by atoms with van der Waals surface area (Å²) in [4.78, 5) is 11.7. The number of ether oxygens (including phenoxy) is 2. The monoisotopic (exact) mass is 496 g/mol. The minimum atomic E-state index is -3.69. The predicted octanol–water partition coefficient (Wildman–Crippen LogP) is 4.85. The van der Waals surface area contributed by atoms with Gasteiger partial charge in [-0.3, -0.25) is 0 Å². The molecule has 0 fully saturated rings. The molecule has 0 bridgehead atoms. The highest BCUT2D eigenvalue weighted by Crippen LogP contribution is 2.25. The standard InChI is InChI=1S/C26H36O7S/c1-16(2)31-25(26(27)28)15-22-8-10-23(18(5)12-22)32-20(7)14-21-9-11-24(19(6)13-21)33-34(29,30)17(3)4/h8-13,16-17,20,25H,14-15H2,1-7H3,(H,27,28)/t20?,25-/m0/s1/i1D3,16D/t16?,20?,25-. The van der Waals surface area contributed by atoms with E-state index in [1.54, 1.807) is 51.1 Å². The Morgan fingerprint density at radius 3 is 2.06 bits per heavy atom. The van der Waals surface area contributed by atoms with Gasteiger partial charge in [0.25, 0.3) is 0 Å². The summed E-state index contributed by atoms with van der Waals surface area (Å²) in [6.45, 7) is 6.81. The number of rotatable bonds is 12. The lowest BCUT2D eigenvalue weighted by Crippen LogP contribution is -2.29. The molecule has 2 aromatic carbocycles. The van der Waals surface area contributed by atoms with Crippen LogP contribution in [0, 0.1) is 13.8 Å². The zero-order valence-corrected chi connectivity index (χ0v) is 21.2. The molecule has 0 aliphatic heterocycles. The van der Waals surface area contributed by atoms with E-state index in [2.05, 4.69) is 0 Å². The van der Waals surface area contributed by atoms with Gasteiger partial charge in [-0.05, 0) is 82.8 Å². The average Bonchev–Trinajstić information content (AvgIpc) is 2.76. The van der Waals surface area contributed by atoms with Crippen molar-refractivity contribution in [3.8, 4) is 11.5 Å². The zero-order valence-electron chi connectivity index (χ0n) is 24.4. The van der Waals surface area contributed by atoms with Crippen LogP contribution in [0.1, 0.15) is 62.3 Å². The molecule has 3 atom stereocenters. The maximum absolute atomic E-state index is 12.1. The van der Waals surface area contributed by atoms with Gasteiger partial charge in [-0.2, -0.15) is 8.42 Å². The van der Waals surface area contributed by atoms with Gasteiger partial charge in [-0.15, -0.1) is 0 Å². The molecule has 1 N–H and O–H groups in total. The van der Waals surface area contributed by atoms with Gasteiger partial charge in [-0.25, -0.2) is 4.79 Å². The van der Waals surface area contributed by atoms with Crippen molar-refractivity contribution in [3.63, 3.8) is 0 Å². The second kappa shape index (κ2) is 11.7. The van der Waals surface area contributed by atoms with Crippen LogP contribution in [0.25, 0.3) is 0 Å². The molecule has 0 amide bonds. The van der Waals surface area contributed by atoms with Crippen molar-refractivity contribution in [2.45, 2.75) is 84.8 Å². The molecule has 0 saturated carbocycles. The molecule has 2 unspecified atom stereocenters. The van der Waals surface area contributed by atoms with Gasteiger partial charge >= 0.3 is 16.1 Å². The Bertz CT molecular complexity index is 1240. The highest BCUT2D eigenvalue weighted by molar-refractivity contribution is 7.87. The first-order valence-corrected chi connectivity index (χ1v) is 12.5. The number of aliphatic carboxylic acids is 1. The van der Waals surface area contributed by atoms with Gasteiger partial charge in [0.05, 0.1) is 18.8 Å². The van der Waals surface area contributed by atoms with Crippen molar-refractivity contribution < 1.29 is 37.5 Å². The number of carboxylic acids is 1. The van der Waals surface area contributed by atoms with E-state index in [-0.39, 0.29) is 18.3 Å². The molecule has 34 heavy (non-hydrogen) atoms. The first-order valence-electron chi connectivity index (χ1n) is 13.0. The Kier molecular flexibility index (Phi) is 7.55. The van der Waals surface area contributed by atoms with Crippen LogP contribution in [-0.2, 0) is 32.5 Å². The molecular weight excluding hydrogens is 456 g/mol. The zero-order chi connectivity index (χ0) is 29.1. The fourth-order valence-corrected chi connectivity index (χ4v) is 3.95. The minimum Gasteiger partial charge on any atom is -0.490 e. The second-order valence-corrected chi connectivity index (χ2v) is 10.8. The normalized spacial score (nSPS) is 17.5. The van der Waals surface area contributed by atoms with E-state index in [1.165, 1.54) is 0 Å². The molecule has 7 nitrogen and oxygen atoms in total.